The molecule has 0 fully saturated rings. The molecule has 198 valence electrons. The maximum absolute atomic E-state index is 13.8. The first-order chi connectivity index (χ1) is 18.4. The molecule has 1 atom stereocenters. The van der Waals surface area contributed by atoms with Crippen molar-refractivity contribution in [1.29, 1.82) is 0 Å². The van der Waals surface area contributed by atoms with Gasteiger partial charge >= 0.3 is 0 Å². The van der Waals surface area contributed by atoms with Crippen molar-refractivity contribution in [2.24, 2.45) is 0 Å². The van der Waals surface area contributed by atoms with Crippen molar-refractivity contribution in [3.05, 3.63) is 99.0 Å². The Bertz CT molecular complexity index is 1440. The monoisotopic (exact) mass is 577 g/mol. The van der Waals surface area contributed by atoms with Crippen LogP contribution in [0, 0.1) is 0 Å². The van der Waals surface area contributed by atoms with Gasteiger partial charge in [0.2, 0.25) is 5.91 Å². The Kier molecular flexibility index (Phi) is 9.31. The van der Waals surface area contributed by atoms with Gasteiger partial charge in [-0.05, 0) is 74.9 Å². The molecular formula is C30H32BrN3O4. The van der Waals surface area contributed by atoms with E-state index in [1.165, 1.54) is 0 Å². The van der Waals surface area contributed by atoms with Crippen LogP contribution in [-0.4, -0.2) is 46.7 Å². The van der Waals surface area contributed by atoms with E-state index in [1.54, 1.807) is 15.5 Å². The molecule has 0 aliphatic heterocycles. The topological polar surface area (TPSA) is 73.7 Å². The number of aromatic nitrogens is 2. The summed E-state index contributed by atoms with van der Waals surface area (Å²) in [5.74, 6) is 1.13. The van der Waals surface area contributed by atoms with Crippen molar-refractivity contribution in [3.63, 3.8) is 0 Å². The molecule has 0 saturated carbocycles. The molecular weight excluding hydrogens is 546 g/mol. The zero-order valence-electron chi connectivity index (χ0n) is 21.9. The molecule has 0 radical (unpaired) electrons. The first-order valence-electron chi connectivity index (χ1n) is 12.8. The number of hydrogen-bond donors (Lipinski definition) is 0. The van der Waals surface area contributed by atoms with Gasteiger partial charge in [-0.1, -0.05) is 40.2 Å². The number of benzene rings is 3. The number of rotatable bonds is 11. The molecule has 1 amide bonds. The summed E-state index contributed by atoms with van der Waals surface area (Å²) < 4.78 is 13.8. The van der Waals surface area contributed by atoms with Crippen LogP contribution in [0.5, 0.6) is 5.75 Å². The molecule has 8 heteroatoms. The smallest absolute Gasteiger partial charge is 0.266 e. The third-order valence-corrected chi connectivity index (χ3v) is 6.85. The quantitative estimate of drug-likeness (QED) is 0.213. The number of halogens is 1. The van der Waals surface area contributed by atoms with Gasteiger partial charge in [0, 0.05) is 17.6 Å². The fourth-order valence-corrected chi connectivity index (χ4v) is 4.66. The van der Waals surface area contributed by atoms with E-state index in [-0.39, 0.29) is 17.9 Å². The molecule has 0 bridgehead atoms. The lowest BCUT2D eigenvalue weighted by atomic mass is 10.1. The minimum atomic E-state index is -0.498. The third kappa shape index (κ3) is 6.31. The third-order valence-electron chi connectivity index (χ3n) is 6.32. The lowest BCUT2D eigenvalue weighted by Gasteiger charge is -2.30. The van der Waals surface area contributed by atoms with E-state index in [2.05, 4.69) is 15.9 Å². The van der Waals surface area contributed by atoms with Crippen LogP contribution >= 0.6 is 15.9 Å². The van der Waals surface area contributed by atoms with E-state index in [1.807, 2.05) is 87.5 Å². The van der Waals surface area contributed by atoms with E-state index < -0.39 is 6.04 Å². The first kappa shape index (κ1) is 27.5. The normalized spacial score (nSPS) is 11.9. The fraction of sp³-hybridized carbons (Fsp3) is 0.300. The number of amides is 1. The summed E-state index contributed by atoms with van der Waals surface area (Å²) in [6.45, 7) is 7.61. The molecule has 1 heterocycles. The minimum absolute atomic E-state index is 0.0693. The molecule has 0 aliphatic carbocycles. The predicted molar refractivity (Wildman–Crippen MR) is 153 cm³/mol. The van der Waals surface area contributed by atoms with Crippen molar-refractivity contribution in [2.45, 2.75) is 33.2 Å². The average Bonchev–Trinajstić information content (AvgIpc) is 2.93. The zero-order chi connectivity index (χ0) is 27.1. The lowest BCUT2D eigenvalue weighted by Crippen LogP contribution is -2.40. The Morgan fingerprint density at radius 3 is 2.39 bits per heavy atom. The van der Waals surface area contributed by atoms with Crippen molar-refractivity contribution >= 4 is 32.7 Å². The number of fused-ring (bicyclic) bond motifs is 1. The molecule has 1 aromatic heterocycles. The van der Waals surface area contributed by atoms with E-state index in [9.17, 15) is 9.59 Å². The largest absolute Gasteiger partial charge is 0.494 e. The Balaban J connectivity index is 1.79. The van der Waals surface area contributed by atoms with Crippen molar-refractivity contribution in [1.82, 2.24) is 14.5 Å². The highest BCUT2D eigenvalue weighted by molar-refractivity contribution is 9.10. The molecule has 0 aliphatic rings. The second kappa shape index (κ2) is 12.8. The summed E-state index contributed by atoms with van der Waals surface area (Å²) in [7, 11) is 0. The van der Waals surface area contributed by atoms with Gasteiger partial charge in [-0.2, -0.15) is 0 Å². The van der Waals surface area contributed by atoms with Crippen molar-refractivity contribution in [2.75, 3.05) is 26.4 Å². The number of nitrogens with zero attached hydrogens (tertiary/aromatic N) is 3. The van der Waals surface area contributed by atoms with Crippen LogP contribution in [0.4, 0.5) is 0 Å². The first-order valence-corrected chi connectivity index (χ1v) is 13.6. The van der Waals surface area contributed by atoms with Gasteiger partial charge < -0.3 is 14.4 Å². The summed E-state index contributed by atoms with van der Waals surface area (Å²) in [6, 6.07) is 21.8. The lowest BCUT2D eigenvalue weighted by molar-refractivity contribution is -0.133. The average molecular weight is 579 g/mol. The maximum atomic E-state index is 13.8. The highest BCUT2D eigenvalue weighted by Gasteiger charge is 2.27. The standard InChI is InChI=1S/C30H32BrN3O4/c1-4-37-19-18-33(28(35)20-22-10-12-23(31)13-11-22)21(3)29-32-27-9-7-6-8-26(27)30(36)34(29)24-14-16-25(17-15-24)38-5-2/h6-17,21H,4-5,18-20H2,1-3H3. The van der Waals surface area contributed by atoms with Crippen molar-refractivity contribution < 1.29 is 14.3 Å². The van der Waals surface area contributed by atoms with Crippen LogP contribution in [0.15, 0.2) is 82.1 Å². The number of para-hydroxylation sites is 1. The van der Waals surface area contributed by atoms with Gasteiger partial charge in [0.25, 0.3) is 5.56 Å². The van der Waals surface area contributed by atoms with Gasteiger partial charge in [0.05, 0.1) is 42.3 Å². The van der Waals surface area contributed by atoms with Crippen LogP contribution in [0.25, 0.3) is 16.6 Å². The Labute approximate surface area is 231 Å². The Morgan fingerprint density at radius 2 is 1.71 bits per heavy atom. The van der Waals surface area contributed by atoms with Crippen LogP contribution in [0.3, 0.4) is 0 Å². The Morgan fingerprint density at radius 1 is 1.00 bits per heavy atom. The van der Waals surface area contributed by atoms with Crippen molar-refractivity contribution in [3.8, 4) is 11.4 Å². The molecule has 4 aromatic rings. The number of carbonyl (C=O) groups excluding carboxylic acids is 1. The molecule has 0 saturated heterocycles. The van der Waals surface area contributed by atoms with E-state index in [0.29, 0.717) is 48.8 Å². The van der Waals surface area contributed by atoms with Crippen LogP contribution in [-0.2, 0) is 16.0 Å². The fourth-order valence-electron chi connectivity index (χ4n) is 4.40. The second-order valence-corrected chi connectivity index (χ2v) is 9.73. The van der Waals surface area contributed by atoms with Crippen LogP contribution in [0.2, 0.25) is 0 Å². The van der Waals surface area contributed by atoms with Crippen LogP contribution < -0.4 is 10.3 Å². The molecule has 7 nitrogen and oxygen atoms in total. The SMILES string of the molecule is CCOCCN(C(=O)Cc1ccc(Br)cc1)C(C)c1nc2ccccc2c(=O)n1-c1ccc(OCC)cc1. The zero-order valence-corrected chi connectivity index (χ0v) is 23.5. The molecule has 0 spiro atoms. The minimum Gasteiger partial charge on any atom is -0.494 e. The highest BCUT2D eigenvalue weighted by Crippen LogP contribution is 2.25. The van der Waals surface area contributed by atoms with E-state index in [0.717, 1.165) is 15.8 Å². The predicted octanol–water partition coefficient (Wildman–Crippen LogP) is 5.72. The number of hydrogen-bond acceptors (Lipinski definition) is 5. The van der Waals surface area contributed by atoms with Crippen LogP contribution in [0.1, 0.15) is 38.2 Å². The van der Waals surface area contributed by atoms with E-state index >= 15 is 0 Å². The number of ether oxygens (including phenoxy) is 2. The molecule has 4 rings (SSSR count). The van der Waals surface area contributed by atoms with E-state index in [4.69, 9.17) is 14.5 Å². The number of carbonyl (C=O) groups is 1. The maximum Gasteiger partial charge on any atom is 0.266 e. The summed E-state index contributed by atoms with van der Waals surface area (Å²) in [5, 5.41) is 0.513. The molecule has 38 heavy (non-hydrogen) atoms. The van der Waals surface area contributed by atoms with Gasteiger partial charge in [-0.15, -0.1) is 0 Å². The second-order valence-electron chi connectivity index (χ2n) is 8.82. The molecule has 1 unspecified atom stereocenters. The Hall–Kier alpha value is -3.49. The summed E-state index contributed by atoms with van der Waals surface area (Å²) in [6.07, 6.45) is 0.227. The summed E-state index contributed by atoms with van der Waals surface area (Å²) in [5.41, 5.74) is 1.96. The molecule has 3 aromatic carbocycles. The van der Waals surface area contributed by atoms with Gasteiger partial charge in [-0.25, -0.2) is 4.98 Å². The highest BCUT2D eigenvalue weighted by atomic mass is 79.9. The summed E-state index contributed by atoms with van der Waals surface area (Å²) >= 11 is 3.45. The summed E-state index contributed by atoms with van der Waals surface area (Å²) in [4.78, 5) is 34.1. The molecule has 0 N–H and O–H groups in total. The van der Waals surface area contributed by atoms with Gasteiger partial charge in [-0.3, -0.25) is 14.2 Å². The van der Waals surface area contributed by atoms with Gasteiger partial charge in [0.1, 0.15) is 11.6 Å². The van der Waals surface area contributed by atoms with Gasteiger partial charge in [0.15, 0.2) is 0 Å².